The number of aromatic hydroxyl groups is 1. The molecule has 0 fully saturated rings. The zero-order valence-corrected chi connectivity index (χ0v) is 11.0. The molecule has 2 N–H and O–H groups in total. The number of nitrogens with zero attached hydrogens (tertiary/aromatic N) is 1. The number of fused-ring (bicyclic) bond motifs is 1. The monoisotopic (exact) mass is 287 g/mol. The molecule has 0 aliphatic carbocycles. The van der Waals surface area contributed by atoms with Crippen molar-refractivity contribution in [3.05, 3.63) is 63.7 Å². The third kappa shape index (κ3) is 2.53. The van der Waals surface area contributed by atoms with Gasteiger partial charge in [0.25, 0.3) is 5.69 Å². The molecule has 2 aromatic carbocycles. The van der Waals surface area contributed by atoms with E-state index in [9.17, 15) is 20.3 Å². The molecule has 2 atom stereocenters. The van der Waals surface area contributed by atoms with Crippen LogP contribution in [0.25, 0.3) is 0 Å². The third-order valence-corrected chi connectivity index (χ3v) is 3.53. The van der Waals surface area contributed by atoms with Crippen LogP contribution in [-0.4, -0.2) is 15.1 Å². The first-order valence-electron chi connectivity index (χ1n) is 6.46. The van der Waals surface area contributed by atoms with Gasteiger partial charge in [-0.3, -0.25) is 10.1 Å². The van der Waals surface area contributed by atoms with Crippen LogP contribution in [0.2, 0.25) is 0 Å². The SMILES string of the molecule is O=[N+]([O-])c1ccc(C2CC(O)c3cc(O)ccc3O2)cc1. The van der Waals surface area contributed by atoms with Gasteiger partial charge in [-0.1, -0.05) is 0 Å². The topological polar surface area (TPSA) is 92.8 Å². The van der Waals surface area contributed by atoms with E-state index in [-0.39, 0.29) is 17.5 Å². The lowest BCUT2D eigenvalue weighted by atomic mass is 9.95. The molecule has 108 valence electrons. The molecule has 2 aromatic rings. The van der Waals surface area contributed by atoms with E-state index in [1.54, 1.807) is 18.2 Å². The number of nitro groups is 1. The van der Waals surface area contributed by atoms with E-state index in [0.717, 1.165) is 5.56 Å². The predicted octanol–water partition coefficient (Wildman–Crippen LogP) is 2.86. The normalized spacial score (nSPS) is 20.4. The van der Waals surface area contributed by atoms with Gasteiger partial charge in [0.15, 0.2) is 0 Å². The summed E-state index contributed by atoms with van der Waals surface area (Å²) in [5.41, 5.74) is 1.33. The molecule has 6 nitrogen and oxygen atoms in total. The number of rotatable bonds is 2. The molecule has 2 unspecified atom stereocenters. The van der Waals surface area contributed by atoms with Crippen molar-refractivity contribution in [1.82, 2.24) is 0 Å². The number of phenols is 1. The van der Waals surface area contributed by atoms with E-state index in [1.807, 2.05) is 0 Å². The second kappa shape index (κ2) is 5.06. The molecule has 0 radical (unpaired) electrons. The van der Waals surface area contributed by atoms with Crippen LogP contribution in [0.3, 0.4) is 0 Å². The highest BCUT2D eigenvalue weighted by molar-refractivity contribution is 5.43. The Bertz CT molecular complexity index is 683. The maximum atomic E-state index is 10.6. The van der Waals surface area contributed by atoms with Crippen molar-refractivity contribution in [3.63, 3.8) is 0 Å². The number of hydrogen-bond donors (Lipinski definition) is 2. The lowest BCUT2D eigenvalue weighted by Crippen LogP contribution is -2.18. The van der Waals surface area contributed by atoms with Gasteiger partial charge >= 0.3 is 0 Å². The summed E-state index contributed by atoms with van der Waals surface area (Å²) in [5, 5.41) is 30.2. The number of aliphatic hydroxyl groups excluding tert-OH is 1. The van der Waals surface area contributed by atoms with Crippen LogP contribution in [-0.2, 0) is 0 Å². The number of hydrogen-bond acceptors (Lipinski definition) is 5. The summed E-state index contributed by atoms with van der Waals surface area (Å²) >= 11 is 0. The molecule has 21 heavy (non-hydrogen) atoms. The van der Waals surface area contributed by atoms with Crippen molar-refractivity contribution >= 4 is 5.69 Å². The number of benzene rings is 2. The second-order valence-electron chi connectivity index (χ2n) is 4.93. The predicted molar refractivity (Wildman–Crippen MR) is 74.1 cm³/mol. The zero-order chi connectivity index (χ0) is 15.0. The molecule has 1 aliphatic rings. The van der Waals surface area contributed by atoms with Gasteiger partial charge in [-0.25, -0.2) is 0 Å². The molecule has 1 aliphatic heterocycles. The van der Waals surface area contributed by atoms with Crippen LogP contribution < -0.4 is 4.74 Å². The summed E-state index contributed by atoms with van der Waals surface area (Å²) in [6, 6.07) is 10.7. The highest BCUT2D eigenvalue weighted by Gasteiger charge is 2.28. The van der Waals surface area contributed by atoms with Crippen molar-refractivity contribution in [1.29, 1.82) is 0 Å². The van der Waals surface area contributed by atoms with Gasteiger partial charge in [0, 0.05) is 24.1 Å². The maximum Gasteiger partial charge on any atom is 0.269 e. The first-order chi connectivity index (χ1) is 10.0. The fourth-order valence-electron chi connectivity index (χ4n) is 2.45. The van der Waals surface area contributed by atoms with E-state index in [4.69, 9.17) is 4.74 Å². The highest BCUT2D eigenvalue weighted by Crippen LogP contribution is 2.42. The van der Waals surface area contributed by atoms with Crippen molar-refractivity contribution in [2.24, 2.45) is 0 Å². The summed E-state index contributed by atoms with van der Waals surface area (Å²) in [5.74, 6) is 0.583. The Balaban J connectivity index is 1.88. The van der Waals surface area contributed by atoms with Gasteiger partial charge in [0.1, 0.15) is 17.6 Å². The lowest BCUT2D eigenvalue weighted by Gasteiger charge is -2.29. The van der Waals surface area contributed by atoms with E-state index >= 15 is 0 Å². The fourth-order valence-corrected chi connectivity index (χ4v) is 2.45. The number of nitro benzene ring substituents is 1. The average molecular weight is 287 g/mol. The Kier molecular flexibility index (Phi) is 3.23. The molecule has 6 heteroatoms. The number of phenolic OH excluding ortho intramolecular Hbond substituents is 1. The smallest absolute Gasteiger partial charge is 0.269 e. The molecular weight excluding hydrogens is 274 g/mol. The largest absolute Gasteiger partial charge is 0.508 e. The van der Waals surface area contributed by atoms with Crippen molar-refractivity contribution < 1.29 is 19.9 Å². The Labute approximate surface area is 120 Å². The Morgan fingerprint density at radius 2 is 1.90 bits per heavy atom. The number of aliphatic hydroxyl groups is 1. The van der Waals surface area contributed by atoms with E-state index in [1.165, 1.54) is 24.3 Å². The average Bonchev–Trinajstić information content (AvgIpc) is 2.48. The zero-order valence-electron chi connectivity index (χ0n) is 11.0. The minimum Gasteiger partial charge on any atom is -0.508 e. The summed E-state index contributed by atoms with van der Waals surface area (Å²) in [6.07, 6.45) is -0.798. The van der Waals surface area contributed by atoms with Crippen LogP contribution in [0.15, 0.2) is 42.5 Å². The fraction of sp³-hybridized carbons (Fsp3) is 0.200. The van der Waals surface area contributed by atoms with Gasteiger partial charge in [0.05, 0.1) is 11.0 Å². The molecule has 0 amide bonds. The van der Waals surface area contributed by atoms with Crippen LogP contribution in [0.5, 0.6) is 11.5 Å². The summed E-state index contributed by atoms with van der Waals surface area (Å²) < 4.78 is 5.80. The van der Waals surface area contributed by atoms with Crippen molar-refractivity contribution in [3.8, 4) is 11.5 Å². The number of ether oxygens (including phenoxy) is 1. The Morgan fingerprint density at radius 3 is 2.57 bits per heavy atom. The van der Waals surface area contributed by atoms with Crippen molar-refractivity contribution in [2.75, 3.05) is 0 Å². The first kappa shape index (κ1) is 13.4. The maximum absolute atomic E-state index is 10.6. The van der Waals surface area contributed by atoms with Gasteiger partial charge < -0.3 is 14.9 Å². The minimum atomic E-state index is -0.749. The molecular formula is C15H13NO5. The standard InChI is InChI=1S/C15H13NO5/c17-11-5-6-14-12(7-11)13(18)8-15(21-14)9-1-3-10(4-2-9)16(19)20/h1-7,13,15,17-18H,8H2. The van der Waals surface area contributed by atoms with Gasteiger partial charge in [-0.2, -0.15) is 0 Å². The number of non-ortho nitro benzene ring substituents is 1. The summed E-state index contributed by atoms with van der Waals surface area (Å²) in [4.78, 5) is 10.2. The minimum absolute atomic E-state index is 0.0143. The van der Waals surface area contributed by atoms with Gasteiger partial charge in [-0.15, -0.1) is 0 Å². The van der Waals surface area contributed by atoms with Gasteiger partial charge in [-0.05, 0) is 35.9 Å². The molecule has 0 saturated heterocycles. The Morgan fingerprint density at radius 1 is 1.19 bits per heavy atom. The molecule has 0 bridgehead atoms. The summed E-state index contributed by atoms with van der Waals surface area (Å²) in [7, 11) is 0. The van der Waals surface area contributed by atoms with E-state index in [2.05, 4.69) is 0 Å². The Hall–Kier alpha value is -2.60. The van der Waals surface area contributed by atoms with Crippen molar-refractivity contribution in [2.45, 2.75) is 18.6 Å². The van der Waals surface area contributed by atoms with E-state index < -0.39 is 11.0 Å². The molecule has 0 spiro atoms. The first-order valence-corrected chi connectivity index (χ1v) is 6.46. The second-order valence-corrected chi connectivity index (χ2v) is 4.93. The highest BCUT2D eigenvalue weighted by atomic mass is 16.6. The van der Waals surface area contributed by atoms with Crippen LogP contribution >= 0.6 is 0 Å². The lowest BCUT2D eigenvalue weighted by molar-refractivity contribution is -0.384. The molecule has 1 heterocycles. The quantitative estimate of drug-likeness (QED) is 0.654. The van der Waals surface area contributed by atoms with Crippen LogP contribution in [0, 0.1) is 10.1 Å². The van der Waals surface area contributed by atoms with Gasteiger partial charge in [0.2, 0.25) is 0 Å². The third-order valence-electron chi connectivity index (χ3n) is 3.53. The molecule has 0 saturated carbocycles. The van der Waals surface area contributed by atoms with Crippen LogP contribution in [0.4, 0.5) is 5.69 Å². The molecule has 0 aromatic heterocycles. The van der Waals surface area contributed by atoms with E-state index in [0.29, 0.717) is 17.7 Å². The molecule has 3 rings (SSSR count). The van der Waals surface area contributed by atoms with Crippen LogP contribution in [0.1, 0.15) is 29.8 Å². The summed E-state index contributed by atoms with van der Waals surface area (Å²) in [6.45, 7) is 0.